The van der Waals surface area contributed by atoms with E-state index in [4.69, 9.17) is 22.5 Å². The van der Waals surface area contributed by atoms with Crippen LogP contribution in [-0.4, -0.2) is 30.7 Å². The number of nitrogens with one attached hydrogen (secondary N) is 1. The maximum atomic E-state index is 10.6. The lowest BCUT2D eigenvalue weighted by molar-refractivity contribution is 0.598. The van der Waals surface area contributed by atoms with Crippen LogP contribution in [0.1, 0.15) is 0 Å². The Morgan fingerprint density at radius 1 is 1.47 bits per heavy atom. The van der Waals surface area contributed by atoms with Gasteiger partial charge in [-0.15, -0.1) is 0 Å². The SMILES string of the molecule is Nc1nc(Cl)cc(NCCS(N)(=O)=O)n1. The van der Waals surface area contributed by atoms with Crippen molar-refractivity contribution >= 4 is 33.4 Å². The molecule has 1 aromatic heterocycles. The minimum atomic E-state index is -3.48. The molecule has 0 fully saturated rings. The smallest absolute Gasteiger partial charge is 0.223 e. The van der Waals surface area contributed by atoms with Crippen molar-refractivity contribution in [1.82, 2.24) is 9.97 Å². The molecule has 1 rings (SSSR count). The molecule has 0 atom stereocenters. The Labute approximate surface area is 91.9 Å². The van der Waals surface area contributed by atoms with Gasteiger partial charge in [0.2, 0.25) is 16.0 Å². The first-order chi connectivity index (χ1) is 6.87. The van der Waals surface area contributed by atoms with E-state index in [0.717, 1.165) is 0 Å². The Hall–Kier alpha value is -1.12. The minimum Gasteiger partial charge on any atom is -0.369 e. The van der Waals surface area contributed by atoms with Gasteiger partial charge in [0.25, 0.3) is 0 Å². The number of aromatic nitrogens is 2. The van der Waals surface area contributed by atoms with Crippen LogP contribution in [0.25, 0.3) is 0 Å². The van der Waals surface area contributed by atoms with E-state index in [9.17, 15) is 8.42 Å². The molecule has 0 aromatic carbocycles. The third kappa shape index (κ3) is 4.77. The molecule has 1 heterocycles. The zero-order valence-corrected chi connectivity index (χ0v) is 9.22. The molecular weight excluding hydrogens is 242 g/mol. The summed E-state index contributed by atoms with van der Waals surface area (Å²) >= 11 is 5.60. The summed E-state index contributed by atoms with van der Waals surface area (Å²) in [4.78, 5) is 7.43. The maximum Gasteiger partial charge on any atom is 0.223 e. The molecule has 0 aliphatic heterocycles. The number of rotatable bonds is 4. The summed E-state index contributed by atoms with van der Waals surface area (Å²) in [5, 5.41) is 7.70. The van der Waals surface area contributed by atoms with Crippen LogP contribution in [0.5, 0.6) is 0 Å². The number of hydrogen-bond acceptors (Lipinski definition) is 6. The number of halogens is 1. The van der Waals surface area contributed by atoms with Crippen molar-refractivity contribution in [3.8, 4) is 0 Å². The summed E-state index contributed by atoms with van der Waals surface area (Å²) in [7, 11) is -3.48. The topological polar surface area (TPSA) is 124 Å². The highest BCUT2D eigenvalue weighted by molar-refractivity contribution is 7.89. The number of anilines is 2. The first-order valence-electron chi connectivity index (χ1n) is 3.91. The lowest BCUT2D eigenvalue weighted by Gasteiger charge is -2.04. The van der Waals surface area contributed by atoms with Gasteiger partial charge in [0, 0.05) is 12.6 Å². The third-order valence-corrected chi connectivity index (χ3v) is 2.37. The van der Waals surface area contributed by atoms with Crippen molar-refractivity contribution in [3.05, 3.63) is 11.2 Å². The second-order valence-electron chi connectivity index (χ2n) is 2.73. The zero-order chi connectivity index (χ0) is 11.5. The quantitative estimate of drug-likeness (QED) is 0.615. The number of primary sulfonamides is 1. The van der Waals surface area contributed by atoms with Crippen molar-refractivity contribution in [1.29, 1.82) is 0 Å². The number of nitrogens with two attached hydrogens (primary N) is 2. The molecule has 9 heteroatoms. The van der Waals surface area contributed by atoms with E-state index >= 15 is 0 Å². The van der Waals surface area contributed by atoms with Crippen molar-refractivity contribution in [2.45, 2.75) is 0 Å². The Kier molecular flexibility index (Phi) is 3.66. The van der Waals surface area contributed by atoms with Crippen LogP contribution >= 0.6 is 11.6 Å². The molecule has 7 nitrogen and oxygen atoms in total. The Bertz CT molecular complexity index is 429. The van der Waals surface area contributed by atoms with Gasteiger partial charge in [0.15, 0.2) is 0 Å². The van der Waals surface area contributed by atoms with Crippen LogP contribution in [0.3, 0.4) is 0 Å². The molecule has 0 saturated heterocycles. The lowest BCUT2D eigenvalue weighted by atomic mass is 10.5. The highest BCUT2D eigenvalue weighted by Gasteiger charge is 2.03. The normalized spacial score (nSPS) is 11.3. The van der Waals surface area contributed by atoms with Gasteiger partial charge in [-0.25, -0.2) is 18.5 Å². The number of nitrogens with zero attached hydrogens (tertiary/aromatic N) is 2. The van der Waals surface area contributed by atoms with Crippen molar-refractivity contribution in [3.63, 3.8) is 0 Å². The van der Waals surface area contributed by atoms with Gasteiger partial charge in [-0.2, -0.15) is 4.98 Å². The van der Waals surface area contributed by atoms with Gasteiger partial charge < -0.3 is 11.1 Å². The summed E-state index contributed by atoms with van der Waals surface area (Å²) < 4.78 is 21.2. The molecule has 0 spiro atoms. The molecule has 1 aromatic rings. The molecule has 5 N–H and O–H groups in total. The largest absolute Gasteiger partial charge is 0.369 e. The second-order valence-corrected chi connectivity index (χ2v) is 4.85. The fraction of sp³-hybridized carbons (Fsp3) is 0.333. The standard InChI is InChI=1S/C6H10ClN5O2S/c7-4-3-5(12-6(8)11-4)10-1-2-15(9,13)14/h3H,1-2H2,(H2,9,13,14)(H3,8,10,11,12). The fourth-order valence-electron chi connectivity index (χ4n) is 0.847. The maximum absolute atomic E-state index is 10.6. The van der Waals surface area contributed by atoms with Crippen LogP contribution in [0, 0.1) is 0 Å². The van der Waals surface area contributed by atoms with E-state index < -0.39 is 10.0 Å². The van der Waals surface area contributed by atoms with E-state index in [1.807, 2.05) is 0 Å². The molecule has 0 aliphatic carbocycles. The molecule has 0 amide bonds. The molecule has 15 heavy (non-hydrogen) atoms. The van der Waals surface area contributed by atoms with Gasteiger partial charge in [-0.1, -0.05) is 11.6 Å². The molecule has 0 aliphatic rings. The van der Waals surface area contributed by atoms with Gasteiger partial charge >= 0.3 is 0 Å². The van der Waals surface area contributed by atoms with Gasteiger partial charge in [0.05, 0.1) is 5.75 Å². The fourth-order valence-corrected chi connectivity index (χ4v) is 1.42. The van der Waals surface area contributed by atoms with Crippen LogP contribution in [0.4, 0.5) is 11.8 Å². The number of hydrogen-bond donors (Lipinski definition) is 3. The molecule has 84 valence electrons. The van der Waals surface area contributed by atoms with Crippen molar-refractivity contribution in [2.24, 2.45) is 5.14 Å². The predicted molar refractivity (Wildman–Crippen MR) is 57.9 cm³/mol. The van der Waals surface area contributed by atoms with Gasteiger partial charge in [0.1, 0.15) is 11.0 Å². The van der Waals surface area contributed by atoms with Crippen LogP contribution in [0.2, 0.25) is 5.15 Å². The summed E-state index contributed by atoms with van der Waals surface area (Å²) in [5.41, 5.74) is 5.33. The van der Waals surface area contributed by atoms with Crippen LogP contribution < -0.4 is 16.2 Å². The van der Waals surface area contributed by atoms with Gasteiger partial charge in [-0.3, -0.25) is 0 Å². The second kappa shape index (κ2) is 4.60. The molecule has 0 saturated carbocycles. The number of nitrogen functional groups attached to an aromatic ring is 1. The molecule has 0 bridgehead atoms. The predicted octanol–water partition coefficient (Wildman–Crippen LogP) is -0.587. The highest BCUT2D eigenvalue weighted by Crippen LogP contribution is 2.11. The Balaban J connectivity index is 2.58. The number of sulfonamides is 1. The zero-order valence-electron chi connectivity index (χ0n) is 7.64. The van der Waals surface area contributed by atoms with E-state index in [-0.39, 0.29) is 23.4 Å². The molecule has 0 radical (unpaired) electrons. The lowest BCUT2D eigenvalue weighted by Crippen LogP contribution is -2.22. The monoisotopic (exact) mass is 251 g/mol. The highest BCUT2D eigenvalue weighted by atomic mass is 35.5. The Morgan fingerprint density at radius 2 is 2.13 bits per heavy atom. The molecule has 0 unspecified atom stereocenters. The van der Waals surface area contributed by atoms with E-state index in [1.54, 1.807) is 0 Å². The van der Waals surface area contributed by atoms with Crippen molar-refractivity contribution in [2.75, 3.05) is 23.3 Å². The van der Waals surface area contributed by atoms with E-state index in [1.165, 1.54) is 6.07 Å². The van der Waals surface area contributed by atoms with Crippen LogP contribution in [-0.2, 0) is 10.0 Å². The van der Waals surface area contributed by atoms with E-state index in [0.29, 0.717) is 5.82 Å². The minimum absolute atomic E-state index is 0.0144. The van der Waals surface area contributed by atoms with Gasteiger partial charge in [-0.05, 0) is 0 Å². The first kappa shape index (κ1) is 12.0. The average molecular weight is 252 g/mol. The third-order valence-electron chi connectivity index (χ3n) is 1.40. The summed E-state index contributed by atoms with van der Waals surface area (Å²) in [6, 6.07) is 1.43. The Morgan fingerprint density at radius 3 is 2.67 bits per heavy atom. The van der Waals surface area contributed by atoms with Crippen LogP contribution in [0.15, 0.2) is 6.07 Å². The summed E-state index contributed by atoms with van der Waals surface area (Å²) in [5.74, 6) is 0.172. The average Bonchev–Trinajstić information content (AvgIpc) is 1.99. The first-order valence-corrected chi connectivity index (χ1v) is 6.00. The van der Waals surface area contributed by atoms with Crippen molar-refractivity contribution < 1.29 is 8.42 Å². The summed E-state index contributed by atoms with van der Waals surface area (Å²) in [6.07, 6.45) is 0. The summed E-state index contributed by atoms with van der Waals surface area (Å²) in [6.45, 7) is 0.131. The molecular formula is C6H10ClN5O2S. The van der Waals surface area contributed by atoms with E-state index in [2.05, 4.69) is 15.3 Å².